The molecular formula is C24H40N4O2. The highest BCUT2D eigenvalue weighted by molar-refractivity contribution is 5.82. The highest BCUT2D eigenvalue weighted by atomic mass is 16.3. The van der Waals surface area contributed by atoms with Crippen LogP contribution in [-0.4, -0.2) is 36.7 Å². The maximum atomic E-state index is 13.2. The second-order valence-corrected chi connectivity index (χ2v) is 11.8. The maximum absolute atomic E-state index is 13.2. The highest BCUT2D eigenvalue weighted by Gasteiger charge is 2.60. The minimum absolute atomic E-state index is 0.115. The zero-order valence-electron chi connectivity index (χ0n) is 19.5. The summed E-state index contributed by atoms with van der Waals surface area (Å²) in [6.07, 6.45) is 10.7. The minimum Gasteiger partial charge on any atom is -0.390 e. The summed E-state index contributed by atoms with van der Waals surface area (Å²) in [4.78, 5) is 13.2. The first-order chi connectivity index (χ1) is 14.0. The molecule has 0 spiro atoms. The molecule has 0 saturated heterocycles. The Labute approximate surface area is 181 Å². The fourth-order valence-electron chi connectivity index (χ4n) is 7.71. The Balaban J connectivity index is 1.52. The quantitative estimate of drug-likeness (QED) is 0.748. The highest BCUT2D eigenvalue weighted by Crippen LogP contribution is 2.66. The fourth-order valence-corrected chi connectivity index (χ4v) is 7.71. The molecule has 6 heteroatoms. The van der Waals surface area contributed by atoms with Crippen LogP contribution in [0.3, 0.4) is 0 Å². The Morgan fingerprint density at radius 2 is 1.93 bits per heavy atom. The monoisotopic (exact) mass is 416 g/mol. The van der Waals surface area contributed by atoms with Crippen molar-refractivity contribution >= 4 is 5.78 Å². The van der Waals surface area contributed by atoms with Crippen LogP contribution in [0.15, 0.2) is 6.33 Å². The van der Waals surface area contributed by atoms with Crippen molar-refractivity contribution in [2.24, 2.45) is 40.4 Å². The Morgan fingerprint density at radius 1 is 1.17 bits per heavy atom. The largest absolute Gasteiger partial charge is 0.390 e. The molecule has 1 aromatic rings. The van der Waals surface area contributed by atoms with Gasteiger partial charge in [0, 0.05) is 5.92 Å². The van der Waals surface area contributed by atoms with Crippen molar-refractivity contribution in [3.05, 3.63) is 6.33 Å². The van der Waals surface area contributed by atoms with E-state index in [1.807, 2.05) is 13.8 Å². The van der Waals surface area contributed by atoms with Crippen LogP contribution >= 0.6 is 0 Å². The summed E-state index contributed by atoms with van der Waals surface area (Å²) in [6.45, 7) is 11.5. The predicted octanol–water partition coefficient (Wildman–Crippen LogP) is 4.29. The maximum Gasteiger partial charge on any atom is 0.158 e. The number of Topliss-reactive ketones (excluding diaryl/α,β-unsaturated/α-hetero) is 1. The molecule has 0 unspecified atom stereocenters. The van der Waals surface area contributed by atoms with Crippen molar-refractivity contribution in [1.82, 2.24) is 20.2 Å². The molecule has 30 heavy (non-hydrogen) atoms. The summed E-state index contributed by atoms with van der Waals surface area (Å²) in [7, 11) is 0. The molecule has 3 aliphatic rings. The average molecular weight is 417 g/mol. The van der Waals surface area contributed by atoms with Gasteiger partial charge < -0.3 is 5.11 Å². The zero-order valence-corrected chi connectivity index (χ0v) is 19.5. The summed E-state index contributed by atoms with van der Waals surface area (Å²) in [5.74, 6) is 3.22. The van der Waals surface area contributed by atoms with Crippen molar-refractivity contribution in [2.45, 2.75) is 98.1 Å². The Bertz CT molecular complexity index is 758. The van der Waals surface area contributed by atoms with E-state index in [-0.39, 0.29) is 11.3 Å². The van der Waals surface area contributed by atoms with Gasteiger partial charge in [-0.15, -0.1) is 5.10 Å². The lowest BCUT2D eigenvalue weighted by Gasteiger charge is -2.59. The molecule has 1 N–H and O–H groups in total. The van der Waals surface area contributed by atoms with E-state index < -0.39 is 5.60 Å². The van der Waals surface area contributed by atoms with Crippen molar-refractivity contribution in [3.63, 3.8) is 0 Å². The van der Waals surface area contributed by atoms with E-state index in [1.165, 1.54) is 25.7 Å². The molecule has 1 aromatic heterocycles. The summed E-state index contributed by atoms with van der Waals surface area (Å²) in [5.41, 5.74) is -0.192. The Hall–Kier alpha value is -1.30. The third kappa shape index (κ3) is 3.74. The molecule has 0 aliphatic heterocycles. The lowest BCUT2D eigenvalue weighted by molar-refractivity contribution is -0.134. The Morgan fingerprint density at radius 3 is 2.60 bits per heavy atom. The van der Waals surface area contributed by atoms with Crippen LogP contribution in [0.5, 0.6) is 0 Å². The lowest BCUT2D eigenvalue weighted by Crippen LogP contribution is -2.52. The molecule has 0 radical (unpaired) electrons. The number of hydrogen-bond acceptors (Lipinski definition) is 5. The predicted molar refractivity (Wildman–Crippen MR) is 115 cm³/mol. The smallest absolute Gasteiger partial charge is 0.158 e. The van der Waals surface area contributed by atoms with E-state index in [4.69, 9.17) is 0 Å². The summed E-state index contributed by atoms with van der Waals surface area (Å²) < 4.78 is 1.57. The van der Waals surface area contributed by atoms with E-state index in [0.29, 0.717) is 29.6 Å². The SMILES string of the molecule is C[C@H]1CC[C@@H]2[C@H](CC[C@]3(C)[C@@H](C(=O)Cn4cnnn4)CC[C@@H]23)[C@@]1(C)CCC(C)(C)O. The van der Waals surface area contributed by atoms with Gasteiger partial charge in [-0.2, -0.15) is 0 Å². The molecule has 3 fully saturated rings. The molecule has 0 bridgehead atoms. The summed E-state index contributed by atoms with van der Waals surface area (Å²) >= 11 is 0. The van der Waals surface area contributed by atoms with Crippen molar-refractivity contribution in [2.75, 3.05) is 0 Å². The van der Waals surface area contributed by atoms with Gasteiger partial charge in [0.1, 0.15) is 12.9 Å². The van der Waals surface area contributed by atoms with Gasteiger partial charge in [-0.25, -0.2) is 4.68 Å². The van der Waals surface area contributed by atoms with Gasteiger partial charge in [0.05, 0.1) is 5.60 Å². The first-order valence-corrected chi connectivity index (χ1v) is 12.0. The molecule has 0 amide bonds. The van der Waals surface area contributed by atoms with Crippen LogP contribution in [0, 0.1) is 40.4 Å². The molecule has 0 aromatic carbocycles. The third-order valence-corrected chi connectivity index (χ3v) is 9.72. The zero-order chi connectivity index (χ0) is 21.7. The van der Waals surface area contributed by atoms with Gasteiger partial charge in [0.25, 0.3) is 0 Å². The van der Waals surface area contributed by atoms with Gasteiger partial charge in [0.2, 0.25) is 0 Å². The minimum atomic E-state index is -0.597. The second kappa shape index (κ2) is 7.68. The first kappa shape index (κ1) is 21.9. The van der Waals surface area contributed by atoms with Crippen molar-refractivity contribution in [1.29, 1.82) is 0 Å². The van der Waals surface area contributed by atoms with Crippen LogP contribution in [0.1, 0.15) is 86.0 Å². The van der Waals surface area contributed by atoms with Gasteiger partial charge >= 0.3 is 0 Å². The first-order valence-electron chi connectivity index (χ1n) is 12.0. The number of aliphatic hydroxyl groups is 1. The van der Waals surface area contributed by atoms with Crippen LogP contribution in [0.2, 0.25) is 0 Å². The number of nitrogens with zero attached hydrogens (tertiary/aromatic N) is 4. The second-order valence-electron chi connectivity index (χ2n) is 11.8. The molecule has 4 rings (SSSR count). The lowest BCUT2D eigenvalue weighted by atomic mass is 9.46. The molecule has 7 atom stereocenters. The number of carbonyl (C=O) groups excluding carboxylic acids is 1. The summed E-state index contributed by atoms with van der Waals surface area (Å²) in [6, 6.07) is 0. The van der Waals surface area contributed by atoms with Crippen LogP contribution < -0.4 is 0 Å². The average Bonchev–Trinajstić information content (AvgIpc) is 3.29. The molecule has 3 aliphatic carbocycles. The van der Waals surface area contributed by atoms with Gasteiger partial charge in [-0.1, -0.05) is 20.8 Å². The molecule has 1 heterocycles. The number of rotatable bonds is 6. The number of tetrazole rings is 1. The van der Waals surface area contributed by atoms with Gasteiger partial charge in [-0.3, -0.25) is 4.79 Å². The summed E-state index contributed by atoms with van der Waals surface area (Å²) in [5, 5.41) is 21.6. The number of ketones is 1. The topological polar surface area (TPSA) is 80.9 Å². The standard InChI is InChI=1S/C24H40N4O2/c1-16-6-7-17-18-8-9-20(21(29)14-28-15-25-26-27-28)24(18,5)11-10-19(17)23(16,4)13-12-22(2,3)30/h15-20,30H,6-14H2,1-5H3/t16-,17-,18-,19-,20+,23-,24-/m0/s1. The normalized spacial score (nSPS) is 41.3. The number of carbonyl (C=O) groups is 1. The van der Waals surface area contributed by atoms with E-state index >= 15 is 0 Å². The number of hydrogen-bond donors (Lipinski definition) is 1. The van der Waals surface area contributed by atoms with Gasteiger partial charge in [0.15, 0.2) is 5.78 Å². The van der Waals surface area contributed by atoms with Crippen LogP contribution in [0.25, 0.3) is 0 Å². The molecule has 3 saturated carbocycles. The molecular weight excluding hydrogens is 376 g/mol. The van der Waals surface area contributed by atoms with E-state index in [1.54, 1.807) is 11.0 Å². The third-order valence-electron chi connectivity index (χ3n) is 9.72. The Kier molecular flexibility index (Phi) is 5.61. The number of fused-ring (bicyclic) bond motifs is 3. The van der Waals surface area contributed by atoms with Crippen molar-refractivity contribution < 1.29 is 9.90 Å². The van der Waals surface area contributed by atoms with E-state index in [0.717, 1.165) is 37.5 Å². The molecule has 6 nitrogen and oxygen atoms in total. The van der Waals surface area contributed by atoms with Crippen LogP contribution in [0.4, 0.5) is 0 Å². The molecule has 168 valence electrons. The van der Waals surface area contributed by atoms with E-state index in [2.05, 4.69) is 36.3 Å². The van der Waals surface area contributed by atoms with Crippen LogP contribution in [-0.2, 0) is 11.3 Å². The number of aromatic nitrogens is 4. The van der Waals surface area contributed by atoms with Gasteiger partial charge in [-0.05, 0) is 110 Å². The van der Waals surface area contributed by atoms with Crippen molar-refractivity contribution in [3.8, 4) is 0 Å². The van der Waals surface area contributed by atoms with E-state index in [9.17, 15) is 9.90 Å². The fraction of sp³-hybridized carbons (Fsp3) is 0.917.